The molecule has 1 heterocycles. The first-order valence-corrected chi connectivity index (χ1v) is 8.52. The van der Waals surface area contributed by atoms with Gasteiger partial charge in [0.2, 0.25) is 0 Å². The highest BCUT2D eigenvalue weighted by atomic mass is 79.9. The fourth-order valence-electron chi connectivity index (χ4n) is 1.75. The van der Waals surface area contributed by atoms with Gasteiger partial charge in [0.1, 0.15) is 0 Å². The quantitative estimate of drug-likeness (QED) is 0.656. The second-order valence-electron chi connectivity index (χ2n) is 4.75. The van der Waals surface area contributed by atoms with E-state index in [1.165, 1.54) is 9.35 Å². The van der Waals surface area contributed by atoms with Crippen LogP contribution in [-0.4, -0.2) is 44.3 Å². The molecule has 1 aromatic heterocycles. The minimum Gasteiger partial charge on any atom is -0.382 e. The Bertz CT molecular complexity index is 346. The van der Waals surface area contributed by atoms with Gasteiger partial charge in [-0.25, -0.2) is 0 Å². The van der Waals surface area contributed by atoms with E-state index in [9.17, 15) is 0 Å². The van der Waals surface area contributed by atoms with Crippen LogP contribution in [0.2, 0.25) is 0 Å². The summed E-state index contributed by atoms with van der Waals surface area (Å²) >= 11 is 5.31. The van der Waals surface area contributed by atoms with Gasteiger partial charge in [-0.05, 0) is 55.9 Å². The first kappa shape index (κ1) is 17.1. The van der Waals surface area contributed by atoms with E-state index in [1.54, 1.807) is 0 Å². The van der Waals surface area contributed by atoms with Gasteiger partial charge < -0.3 is 10.1 Å². The van der Waals surface area contributed by atoms with Gasteiger partial charge in [-0.3, -0.25) is 4.90 Å². The summed E-state index contributed by atoms with van der Waals surface area (Å²) in [6.07, 6.45) is 1.09. The van der Waals surface area contributed by atoms with Crippen molar-refractivity contribution in [3.05, 3.63) is 20.8 Å². The van der Waals surface area contributed by atoms with E-state index in [0.717, 1.165) is 39.3 Å². The first-order valence-electron chi connectivity index (χ1n) is 6.85. The zero-order chi connectivity index (χ0) is 14.1. The highest BCUT2D eigenvalue weighted by Crippen LogP contribution is 2.21. The summed E-state index contributed by atoms with van der Waals surface area (Å²) in [7, 11) is 2.18. The van der Waals surface area contributed by atoms with Gasteiger partial charge in [0.05, 0.1) is 0 Å². The van der Waals surface area contributed by atoms with E-state index in [4.69, 9.17) is 4.74 Å². The van der Waals surface area contributed by atoms with Gasteiger partial charge in [-0.15, -0.1) is 11.3 Å². The molecule has 1 unspecified atom stereocenters. The normalized spacial score (nSPS) is 13.1. The largest absolute Gasteiger partial charge is 0.382 e. The van der Waals surface area contributed by atoms with E-state index in [-0.39, 0.29) is 0 Å². The predicted molar refractivity (Wildman–Crippen MR) is 86.9 cm³/mol. The van der Waals surface area contributed by atoms with E-state index in [2.05, 4.69) is 51.6 Å². The summed E-state index contributed by atoms with van der Waals surface area (Å²) in [5.41, 5.74) is 0. The SMILES string of the molecule is CCOCCCNCC(C)N(C)Cc1cc(Br)cs1. The molecule has 0 amide bonds. The molecule has 0 radical (unpaired) electrons. The van der Waals surface area contributed by atoms with Gasteiger partial charge in [-0.2, -0.15) is 0 Å². The van der Waals surface area contributed by atoms with Crippen molar-refractivity contribution < 1.29 is 4.74 Å². The minimum absolute atomic E-state index is 0.535. The number of hydrogen-bond donors (Lipinski definition) is 1. The van der Waals surface area contributed by atoms with Gasteiger partial charge in [-0.1, -0.05) is 0 Å². The average molecular weight is 349 g/mol. The molecule has 110 valence electrons. The molecule has 1 rings (SSSR count). The van der Waals surface area contributed by atoms with Crippen LogP contribution in [0.25, 0.3) is 0 Å². The van der Waals surface area contributed by atoms with Gasteiger partial charge >= 0.3 is 0 Å². The third-order valence-electron chi connectivity index (χ3n) is 3.07. The Kier molecular flexibility index (Phi) is 8.90. The van der Waals surface area contributed by atoms with Crippen LogP contribution in [0.3, 0.4) is 0 Å². The first-order chi connectivity index (χ1) is 9.13. The number of rotatable bonds is 10. The van der Waals surface area contributed by atoms with Crippen molar-refractivity contribution in [1.82, 2.24) is 10.2 Å². The lowest BCUT2D eigenvalue weighted by Gasteiger charge is -2.24. The monoisotopic (exact) mass is 348 g/mol. The second kappa shape index (κ2) is 9.88. The highest BCUT2D eigenvalue weighted by Gasteiger charge is 2.10. The third kappa shape index (κ3) is 7.42. The van der Waals surface area contributed by atoms with Crippen molar-refractivity contribution in [1.29, 1.82) is 0 Å². The smallest absolute Gasteiger partial charge is 0.0477 e. The molecular formula is C14H25BrN2OS. The summed E-state index contributed by atoms with van der Waals surface area (Å²) in [5, 5.41) is 5.63. The molecule has 3 nitrogen and oxygen atoms in total. The molecule has 1 aromatic rings. The maximum Gasteiger partial charge on any atom is 0.0477 e. The number of nitrogens with one attached hydrogen (secondary N) is 1. The third-order valence-corrected chi connectivity index (χ3v) is 4.75. The van der Waals surface area contributed by atoms with Crippen LogP contribution in [0, 0.1) is 0 Å². The molecule has 0 bridgehead atoms. The number of halogens is 1. The number of hydrogen-bond acceptors (Lipinski definition) is 4. The standard InChI is InChI=1S/C14H25BrN2OS/c1-4-18-7-5-6-16-9-12(2)17(3)10-14-8-13(15)11-19-14/h8,11-12,16H,4-7,9-10H2,1-3H3. The molecule has 0 saturated heterocycles. The van der Waals surface area contributed by atoms with Crippen LogP contribution in [0.4, 0.5) is 0 Å². The molecule has 0 spiro atoms. The minimum atomic E-state index is 0.535. The van der Waals surface area contributed by atoms with Crippen molar-refractivity contribution in [2.75, 3.05) is 33.4 Å². The van der Waals surface area contributed by atoms with Crippen LogP contribution >= 0.6 is 27.3 Å². The fourth-order valence-corrected chi connectivity index (χ4v) is 3.26. The van der Waals surface area contributed by atoms with Crippen LogP contribution in [-0.2, 0) is 11.3 Å². The van der Waals surface area contributed by atoms with Crippen molar-refractivity contribution >= 4 is 27.3 Å². The lowest BCUT2D eigenvalue weighted by molar-refractivity contribution is 0.144. The Morgan fingerprint density at radius 3 is 2.95 bits per heavy atom. The lowest BCUT2D eigenvalue weighted by Crippen LogP contribution is -2.37. The van der Waals surface area contributed by atoms with Gasteiger partial charge in [0, 0.05) is 47.1 Å². The van der Waals surface area contributed by atoms with E-state index < -0.39 is 0 Å². The van der Waals surface area contributed by atoms with Crippen molar-refractivity contribution in [3.8, 4) is 0 Å². The molecule has 19 heavy (non-hydrogen) atoms. The topological polar surface area (TPSA) is 24.5 Å². The molecule has 1 atom stereocenters. The zero-order valence-corrected chi connectivity index (χ0v) is 14.5. The molecule has 0 aliphatic carbocycles. The number of ether oxygens (including phenoxy) is 1. The van der Waals surface area contributed by atoms with Crippen LogP contribution in [0.5, 0.6) is 0 Å². The van der Waals surface area contributed by atoms with Crippen molar-refractivity contribution in [2.45, 2.75) is 32.9 Å². The lowest BCUT2D eigenvalue weighted by atomic mass is 10.2. The maximum atomic E-state index is 5.32. The summed E-state index contributed by atoms with van der Waals surface area (Å²) in [5.74, 6) is 0. The Labute approximate surface area is 129 Å². The molecule has 0 aromatic carbocycles. The number of likely N-dealkylation sites (N-methyl/N-ethyl adjacent to an activating group) is 1. The Balaban J connectivity index is 2.12. The molecule has 5 heteroatoms. The summed E-state index contributed by atoms with van der Waals surface area (Å²) in [4.78, 5) is 3.78. The zero-order valence-electron chi connectivity index (χ0n) is 12.1. The van der Waals surface area contributed by atoms with E-state index in [0.29, 0.717) is 6.04 Å². The van der Waals surface area contributed by atoms with E-state index in [1.807, 2.05) is 18.3 Å². The van der Waals surface area contributed by atoms with Crippen molar-refractivity contribution in [2.24, 2.45) is 0 Å². The second-order valence-corrected chi connectivity index (χ2v) is 6.66. The van der Waals surface area contributed by atoms with Crippen LogP contribution < -0.4 is 5.32 Å². The van der Waals surface area contributed by atoms with Crippen LogP contribution in [0.1, 0.15) is 25.1 Å². The molecular weight excluding hydrogens is 324 g/mol. The Morgan fingerprint density at radius 1 is 1.53 bits per heavy atom. The summed E-state index contributed by atoms with van der Waals surface area (Å²) < 4.78 is 6.50. The summed E-state index contributed by atoms with van der Waals surface area (Å²) in [6, 6.07) is 2.73. The molecule has 0 aliphatic heterocycles. The molecule has 0 aliphatic rings. The number of thiophene rings is 1. The molecule has 0 saturated carbocycles. The van der Waals surface area contributed by atoms with Gasteiger partial charge in [0.25, 0.3) is 0 Å². The predicted octanol–water partition coefficient (Wildman–Crippen LogP) is 3.35. The Hall–Kier alpha value is 0.0600. The van der Waals surface area contributed by atoms with E-state index >= 15 is 0 Å². The van der Waals surface area contributed by atoms with Crippen molar-refractivity contribution in [3.63, 3.8) is 0 Å². The molecule has 0 fully saturated rings. The number of nitrogens with zero attached hydrogens (tertiary/aromatic N) is 1. The average Bonchev–Trinajstić information content (AvgIpc) is 2.78. The summed E-state index contributed by atoms with van der Waals surface area (Å²) in [6.45, 7) is 9.04. The maximum absolute atomic E-state index is 5.32. The van der Waals surface area contributed by atoms with Gasteiger partial charge in [0.15, 0.2) is 0 Å². The molecule has 1 N–H and O–H groups in total. The highest BCUT2D eigenvalue weighted by molar-refractivity contribution is 9.10. The fraction of sp³-hybridized carbons (Fsp3) is 0.714. The Morgan fingerprint density at radius 2 is 2.32 bits per heavy atom. The van der Waals surface area contributed by atoms with Crippen LogP contribution in [0.15, 0.2) is 15.9 Å².